The molecule has 0 saturated heterocycles. The molecule has 60 valence electrons. The standard InChI is InChI=1S/CH2O3.Ca.Mo.2H2O.2O.2H/c2-1(3)4;;;;;;;;/h(H2,2,3,4);;;2*1H2;;;;/q;;+2;;;;;;/p-2. The predicted molar refractivity (Wildman–Crippen MR) is 25.0 cm³/mol. The molecule has 9 heteroatoms. The van der Waals surface area contributed by atoms with Crippen LogP contribution in [0.5, 0.6) is 0 Å². The fourth-order valence-electron chi connectivity index (χ4n) is 0. The third-order valence-electron chi connectivity index (χ3n) is 0. The molecule has 0 heterocycles. The first kappa shape index (κ1) is 17.0. The maximum absolute atomic E-state index is 8.85. The summed E-state index contributed by atoms with van der Waals surface area (Å²) in [7, 11) is 0. The number of hydrogen-bond acceptors (Lipinski definition) is 3. The van der Waals surface area contributed by atoms with E-state index in [0.717, 1.165) is 0 Å². The molecule has 0 amide bonds. The molecule has 0 unspecified atom stereocenters. The van der Waals surface area contributed by atoms with E-state index in [9.17, 15) is 0 Å². The van der Waals surface area contributed by atoms with Gasteiger partial charge < -0.3 is 10.2 Å². The summed E-state index contributed by atoms with van der Waals surface area (Å²) in [4.78, 5) is 8.56. The molecule has 0 aromatic carbocycles. The molecule has 0 rings (SSSR count). The summed E-state index contributed by atoms with van der Waals surface area (Å²) in [5.41, 5.74) is 0. The first-order chi connectivity index (χ1) is 3.73. The van der Waals surface area contributed by atoms with Crippen molar-refractivity contribution in [2.45, 2.75) is 0 Å². The van der Waals surface area contributed by atoms with Gasteiger partial charge in [0.15, 0.2) is 0 Å². The van der Waals surface area contributed by atoms with E-state index in [2.05, 4.69) is 0 Å². The molecular formula is CH6CaMoO7. The molecular weight excluding hydrogens is 260 g/mol. The zero-order valence-corrected chi connectivity index (χ0v) is 5.93. The summed E-state index contributed by atoms with van der Waals surface area (Å²) < 4.78 is 32.0. The van der Waals surface area contributed by atoms with Crippen LogP contribution < -0.4 is 0 Å². The molecule has 4 N–H and O–H groups in total. The Morgan fingerprint density at radius 1 is 1.10 bits per heavy atom. The maximum atomic E-state index is 8.85. The van der Waals surface area contributed by atoms with Crippen molar-refractivity contribution in [1.82, 2.24) is 0 Å². The van der Waals surface area contributed by atoms with Crippen molar-refractivity contribution in [3.05, 3.63) is 0 Å². The van der Waals surface area contributed by atoms with Crippen molar-refractivity contribution in [2.75, 3.05) is 0 Å². The van der Waals surface area contributed by atoms with Gasteiger partial charge in [0.05, 0.1) is 0 Å². The van der Waals surface area contributed by atoms with Gasteiger partial charge in [-0.05, 0) is 0 Å². The van der Waals surface area contributed by atoms with E-state index in [1.165, 1.54) is 0 Å². The van der Waals surface area contributed by atoms with E-state index in [4.69, 9.17) is 29.3 Å². The second kappa shape index (κ2) is 7.84. The van der Waals surface area contributed by atoms with Gasteiger partial charge in [-0.15, -0.1) is 0 Å². The van der Waals surface area contributed by atoms with Gasteiger partial charge in [0, 0.05) is 0 Å². The van der Waals surface area contributed by atoms with Gasteiger partial charge >= 0.3 is 75.0 Å². The zero-order chi connectivity index (χ0) is 8.08. The van der Waals surface area contributed by atoms with Gasteiger partial charge in [0.2, 0.25) is 0 Å². The van der Waals surface area contributed by atoms with E-state index in [1.807, 2.05) is 0 Å². The first-order valence-electron chi connectivity index (χ1n) is 1.35. The predicted octanol–water partition coefficient (Wildman–Crippen LogP) is -2.05. The zero-order valence-electron chi connectivity index (χ0n) is 3.92. The second-order valence-corrected chi connectivity index (χ2v) is 2.93. The fraction of sp³-hybridized carbons (Fsp3) is 0. The van der Waals surface area contributed by atoms with Crippen LogP contribution in [0.3, 0.4) is 0 Å². The van der Waals surface area contributed by atoms with Gasteiger partial charge in [-0.2, -0.15) is 0 Å². The fourth-order valence-corrected chi connectivity index (χ4v) is 0. The van der Waals surface area contributed by atoms with Crippen LogP contribution in [-0.2, 0) is 23.5 Å². The minimum absolute atomic E-state index is 0. The molecule has 0 saturated carbocycles. The Morgan fingerprint density at radius 3 is 1.10 bits per heavy atom. The molecule has 0 aliphatic heterocycles. The van der Waals surface area contributed by atoms with Crippen molar-refractivity contribution in [2.24, 2.45) is 0 Å². The van der Waals surface area contributed by atoms with Gasteiger partial charge in [0.1, 0.15) is 0 Å². The summed E-state index contributed by atoms with van der Waals surface area (Å²) in [6, 6.07) is 0. The van der Waals surface area contributed by atoms with Crippen LogP contribution in [-0.4, -0.2) is 61.6 Å². The molecule has 0 aliphatic carbocycles. The van der Waals surface area contributed by atoms with E-state index in [0.29, 0.717) is 0 Å². The molecule has 0 aromatic heterocycles. The molecule has 0 fully saturated rings. The van der Waals surface area contributed by atoms with Crippen LogP contribution in [0.2, 0.25) is 0 Å². The van der Waals surface area contributed by atoms with Crippen molar-refractivity contribution in [3.63, 3.8) is 0 Å². The van der Waals surface area contributed by atoms with Crippen LogP contribution >= 0.6 is 0 Å². The molecule has 0 spiro atoms. The summed E-state index contributed by atoms with van der Waals surface area (Å²) in [6.07, 6.45) is -1.83. The monoisotopic (exact) mass is 268 g/mol. The van der Waals surface area contributed by atoms with E-state index >= 15 is 0 Å². The molecule has 0 bridgehead atoms. The minimum atomic E-state index is -5.52. The normalized spacial score (nSPS) is 8.20. The Kier molecular flexibility index (Phi) is 13.3. The summed E-state index contributed by atoms with van der Waals surface area (Å²) >= 11 is -5.52. The number of hydrogen-bond donors (Lipinski definition) is 4. The third-order valence-corrected chi connectivity index (χ3v) is 0. The second-order valence-electron chi connectivity index (χ2n) is 0.730. The Balaban J connectivity index is -0.0000000910. The number of rotatable bonds is 0. The molecule has 0 aromatic rings. The summed E-state index contributed by atoms with van der Waals surface area (Å²) in [5, 5.41) is 13.9. The van der Waals surface area contributed by atoms with Crippen molar-refractivity contribution < 1.29 is 46.1 Å². The van der Waals surface area contributed by atoms with E-state index < -0.39 is 22.9 Å². The van der Waals surface area contributed by atoms with Gasteiger partial charge in [0.25, 0.3) is 0 Å². The third kappa shape index (κ3) is 961. The number of carboxylic acid groups (broad SMARTS) is 2. The molecule has 0 aliphatic rings. The molecule has 0 radical (unpaired) electrons. The molecule has 7 nitrogen and oxygen atoms in total. The van der Waals surface area contributed by atoms with Crippen molar-refractivity contribution >= 4 is 43.9 Å². The van der Waals surface area contributed by atoms with Gasteiger partial charge in [-0.1, -0.05) is 0 Å². The Bertz CT molecular complexity index is 156. The average molecular weight is 266 g/mol. The Morgan fingerprint density at radius 2 is 1.10 bits per heavy atom. The van der Waals surface area contributed by atoms with E-state index in [1.54, 1.807) is 0 Å². The van der Waals surface area contributed by atoms with Crippen LogP contribution in [0, 0.1) is 0 Å². The van der Waals surface area contributed by atoms with Crippen molar-refractivity contribution in [3.8, 4) is 0 Å². The van der Waals surface area contributed by atoms with Crippen LogP contribution in [0.15, 0.2) is 0 Å². The topological polar surface area (TPSA) is 132 Å². The molecule has 10 heavy (non-hydrogen) atoms. The van der Waals surface area contributed by atoms with Crippen LogP contribution in [0.4, 0.5) is 4.79 Å². The van der Waals surface area contributed by atoms with Crippen LogP contribution in [0.1, 0.15) is 0 Å². The average Bonchev–Trinajstić information content (AvgIpc) is 1.19. The SMILES string of the molecule is O=C(O)O.[CaH2].[O]=[Mo](=[O])([OH])[OH]. The quantitative estimate of drug-likeness (QED) is 0.371. The van der Waals surface area contributed by atoms with Gasteiger partial charge in [-0.25, -0.2) is 4.79 Å². The first-order valence-corrected chi connectivity index (χ1v) is 4.78. The van der Waals surface area contributed by atoms with Gasteiger partial charge in [-0.3, -0.25) is 0 Å². The number of carbonyl (C=O) groups is 1. The Hall–Kier alpha value is 0.738. The van der Waals surface area contributed by atoms with E-state index in [-0.39, 0.29) is 37.7 Å². The Labute approximate surface area is 89.0 Å². The van der Waals surface area contributed by atoms with Crippen LogP contribution in [0.25, 0.3) is 0 Å². The van der Waals surface area contributed by atoms with Crippen molar-refractivity contribution in [1.29, 1.82) is 0 Å². The molecule has 0 atom stereocenters. The summed E-state index contributed by atoms with van der Waals surface area (Å²) in [6.45, 7) is 0. The summed E-state index contributed by atoms with van der Waals surface area (Å²) in [5.74, 6) is 0.